The summed E-state index contributed by atoms with van der Waals surface area (Å²) < 4.78 is 0. The van der Waals surface area contributed by atoms with E-state index in [0.29, 0.717) is 11.8 Å². The van der Waals surface area contributed by atoms with Gasteiger partial charge >= 0.3 is 0 Å². The second-order valence-electron chi connectivity index (χ2n) is 6.22. The lowest BCUT2D eigenvalue weighted by molar-refractivity contribution is -0.133. The van der Waals surface area contributed by atoms with Crippen LogP contribution >= 0.6 is 0 Å². The number of hydrogen-bond donors (Lipinski definition) is 3. The van der Waals surface area contributed by atoms with Crippen LogP contribution in [0, 0.1) is 17.3 Å². The molecule has 2 atom stereocenters. The molecule has 106 valence electrons. The van der Waals surface area contributed by atoms with Crippen LogP contribution in [0.1, 0.15) is 40.5 Å². The molecule has 0 saturated carbocycles. The first-order valence-electron chi connectivity index (χ1n) is 7.05. The van der Waals surface area contributed by atoms with Gasteiger partial charge in [0.25, 0.3) is 0 Å². The molecule has 1 fully saturated rings. The molecule has 0 aromatic carbocycles. The molecule has 4 nitrogen and oxygen atoms in total. The van der Waals surface area contributed by atoms with Crippen molar-refractivity contribution in [3.05, 3.63) is 0 Å². The zero-order valence-electron chi connectivity index (χ0n) is 12.1. The molecule has 0 spiro atoms. The van der Waals surface area contributed by atoms with Crippen LogP contribution in [0.15, 0.2) is 0 Å². The van der Waals surface area contributed by atoms with Crippen molar-refractivity contribution in [1.82, 2.24) is 10.6 Å². The maximum atomic E-state index is 12.5. The van der Waals surface area contributed by atoms with Crippen molar-refractivity contribution < 1.29 is 9.90 Å². The predicted octanol–water partition coefficient (Wildman–Crippen LogP) is 1.15. The lowest BCUT2D eigenvalue weighted by Gasteiger charge is -2.33. The van der Waals surface area contributed by atoms with Gasteiger partial charge in [-0.1, -0.05) is 27.7 Å². The minimum Gasteiger partial charge on any atom is -0.394 e. The predicted molar refractivity (Wildman–Crippen MR) is 73.2 cm³/mol. The molecular weight excluding hydrogens is 228 g/mol. The van der Waals surface area contributed by atoms with E-state index in [2.05, 4.69) is 38.3 Å². The molecule has 1 saturated heterocycles. The largest absolute Gasteiger partial charge is 0.394 e. The van der Waals surface area contributed by atoms with Gasteiger partial charge in [0.15, 0.2) is 0 Å². The van der Waals surface area contributed by atoms with Crippen LogP contribution in [0.4, 0.5) is 0 Å². The minimum atomic E-state index is -0.301. The van der Waals surface area contributed by atoms with Gasteiger partial charge in [-0.3, -0.25) is 4.79 Å². The Labute approximate surface area is 111 Å². The molecule has 4 heteroatoms. The monoisotopic (exact) mass is 256 g/mol. The van der Waals surface area contributed by atoms with Gasteiger partial charge in [0.2, 0.25) is 5.91 Å². The molecule has 0 radical (unpaired) electrons. The van der Waals surface area contributed by atoms with Gasteiger partial charge in [-0.15, -0.1) is 0 Å². The number of hydrogen-bond acceptors (Lipinski definition) is 3. The molecular formula is C14H28N2O2. The summed E-state index contributed by atoms with van der Waals surface area (Å²) in [5.41, 5.74) is -0.301. The summed E-state index contributed by atoms with van der Waals surface area (Å²) in [4.78, 5) is 12.5. The summed E-state index contributed by atoms with van der Waals surface area (Å²) in [6, 6.07) is -0.117. The zero-order valence-corrected chi connectivity index (χ0v) is 12.1. The normalized spacial score (nSPS) is 25.7. The molecule has 0 aliphatic carbocycles. The van der Waals surface area contributed by atoms with Crippen molar-refractivity contribution >= 4 is 5.91 Å². The standard InChI is InChI=1S/C14H28N2O2/c1-10(2)7-12(8-17)16-13(18)14(11(3)4)5-6-15-9-14/h10-12,15,17H,5-9H2,1-4H3,(H,16,18). The second kappa shape index (κ2) is 6.53. The fourth-order valence-corrected chi connectivity index (χ4v) is 2.74. The molecule has 2 unspecified atom stereocenters. The molecule has 18 heavy (non-hydrogen) atoms. The summed E-state index contributed by atoms with van der Waals surface area (Å²) in [6.07, 6.45) is 1.71. The second-order valence-corrected chi connectivity index (χ2v) is 6.22. The Hall–Kier alpha value is -0.610. The summed E-state index contributed by atoms with van der Waals surface area (Å²) >= 11 is 0. The first-order chi connectivity index (χ1) is 8.42. The molecule has 1 aliphatic rings. The molecule has 1 aliphatic heterocycles. The van der Waals surface area contributed by atoms with Gasteiger partial charge in [-0.2, -0.15) is 0 Å². The van der Waals surface area contributed by atoms with Gasteiger partial charge in [0, 0.05) is 6.54 Å². The molecule has 0 aromatic heterocycles. The van der Waals surface area contributed by atoms with E-state index in [-0.39, 0.29) is 24.0 Å². The first kappa shape index (κ1) is 15.4. The van der Waals surface area contributed by atoms with Crippen molar-refractivity contribution in [2.24, 2.45) is 17.3 Å². The van der Waals surface area contributed by atoms with Crippen LogP contribution in [0.2, 0.25) is 0 Å². The van der Waals surface area contributed by atoms with Gasteiger partial charge in [0.05, 0.1) is 18.1 Å². The Bertz CT molecular complexity index is 271. The van der Waals surface area contributed by atoms with Crippen LogP contribution in [-0.2, 0) is 4.79 Å². The zero-order chi connectivity index (χ0) is 13.8. The van der Waals surface area contributed by atoms with E-state index in [1.807, 2.05) is 0 Å². The van der Waals surface area contributed by atoms with Crippen LogP contribution in [-0.4, -0.2) is 36.8 Å². The summed E-state index contributed by atoms with van der Waals surface area (Å²) in [7, 11) is 0. The maximum Gasteiger partial charge on any atom is 0.228 e. The van der Waals surface area contributed by atoms with Crippen molar-refractivity contribution in [2.75, 3.05) is 19.7 Å². The highest BCUT2D eigenvalue weighted by Crippen LogP contribution is 2.34. The topological polar surface area (TPSA) is 61.4 Å². The van der Waals surface area contributed by atoms with Crippen molar-refractivity contribution in [2.45, 2.75) is 46.6 Å². The fraction of sp³-hybridized carbons (Fsp3) is 0.929. The Morgan fingerprint density at radius 2 is 2.06 bits per heavy atom. The third-order valence-electron chi connectivity index (χ3n) is 4.06. The van der Waals surface area contributed by atoms with Crippen molar-refractivity contribution in [1.29, 1.82) is 0 Å². The number of carbonyl (C=O) groups excluding carboxylic acids is 1. The van der Waals surface area contributed by atoms with Gasteiger partial charge < -0.3 is 15.7 Å². The highest BCUT2D eigenvalue weighted by molar-refractivity contribution is 5.83. The van der Waals surface area contributed by atoms with E-state index in [1.165, 1.54) is 0 Å². The summed E-state index contributed by atoms with van der Waals surface area (Å²) in [5, 5.41) is 15.7. The number of aliphatic hydroxyl groups is 1. The average molecular weight is 256 g/mol. The van der Waals surface area contributed by atoms with Crippen LogP contribution < -0.4 is 10.6 Å². The van der Waals surface area contributed by atoms with Crippen LogP contribution in [0.5, 0.6) is 0 Å². The quantitative estimate of drug-likeness (QED) is 0.668. The molecule has 1 heterocycles. The smallest absolute Gasteiger partial charge is 0.228 e. The number of aliphatic hydroxyl groups excluding tert-OH is 1. The third kappa shape index (κ3) is 3.45. The summed E-state index contributed by atoms with van der Waals surface area (Å²) in [6.45, 7) is 10.1. The number of carbonyl (C=O) groups is 1. The Balaban J connectivity index is 2.67. The SMILES string of the molecule is CC(C)CC(CO)NC(=O)C1(C(C)C)CCNC1. The van der Waals surface area contributed by atoms with E-state index < -0.39 is 0 Å². The number of amides is 1. The Morgan fingerprint density at radius 3 is 2.44 bits per heavy atom. The lowest BCUT2D eigenvalue weighted by atomic mass is 9.75. The highest BCUT2D eigenvalue weighted by atomic mass is 16.3. The van der Waals surface area contributed by atoms with Gasteiger partial charge in [-0.25, -0.2) is 0 Å². The van der Waals surface area contributed by atoms with E-state index in [4.69, 9.17) is 0 Å². The van der Waals surface area contributed by atoms with Gasteiger partial charge in [-0.05, 0) is 31.2 Å². The molecule has 0 bridgehead atoms. The van der Waals surface area contributed by atoms with Crippen molar-refractivity contribution in [3.8, 4) is 0 Å². The molecule has 0 aromatic rings. The van der Waals surface area contributed by atoms with Crippen molar-refractivity contribution in [3.63, 3.8) is 0 Å². The minimum absolute atomic E-state index is 0.0194. The first-order valence-corrected chi connectivity index (χ1v) is 7.05. The van der Waals surface area contributed by atoms with Crippen LogP contribution in [0.3, 0.4) is 0 Å². The van der Waals surface area contributed by atoms with E-state index in [0.717, 1.165) is 25.9 Å². The van der Waals surface area contributed by atoms with E-state index >= 15 is 0 Å². The van der Waals surface area contributed by atoms with Crippen LogP contribution in [0.25, 0.3) is 0 Å². The third-order valence-corrected chi connectivity index (χ3v) is 4.06. The number of rotatable bonds is 6. The Kier molecular flexibility index (Phi) is 5.60. The number of nitrogens with one attached hydrogen (secondary N) is 2. The van der Waals surface area contributed by atoms with Gasteiger partial charge in [0.1, 0.15) is 0 Å². The van der Waals surface area contributed by atoms with E-state index in [1.54, 1.807) is 0 Å². The molecule has 1 rings (SSSR count). The highest BCUT2D eigenvalue weighted by Gasteiger charge is 2.44. The Morgan fingerprint density at radius 1 is 1.39 bits per heavy atom. The lowest BCUT2D eigenvalue weighted by Crippen LogP contribution is -2.50. The molecule has 3 N–H and O–H groups in total. The fourth-order valence-electron chi connectivity index (χ4n) is 2.74. The average Bonchev–Trinajstić information content (AvgIpc) is 2.77. The van der Waals surface area contributed by atoms with E-state index in [9.17, 15) is 9.90 Å². The molecule has 1 amide bonds. The maximum absolute atomic E-state index is 12.5. The summed E-state index contributed by atoms with van der Waals surface area (Å²) in [5.74, 6) is 0.882.